The molecule has 3 amide bonds. The van der Waals surface area contributed by atoms with Gasteiger partial charge in [-0.3, -0.25) is 0 Å². The van der Waals surface area contributed by atoms with E-state index in [0.29, 0.717) is 38.8 Å². The van der Waals surface area contributed by atoms with Gasteiger partial charge in [-0.1, -0.05) is 0 Å². The lowest BCUT2D eigenvalue weighted by molar-refractivity contribution is 0.0851. The van der Waals surface area contributed by atoms with Crippen LogP contribution in [-0.2, 0) is 4.74 Å². The largest absolute Gasteiger partial charge is 0.450 e. The first kappa shape index (κ1) is 12.0. The Hall–Kier alpha value is -1.46. The third-order valence-electron chi connectivity index (χ3n) is 3.00. The summed E-state index contributed by atoms with van der Waals surface area (Å²) in [5.41, 5.74) is 0. The minimum atomic E-state index is -0.283. The Morgan fingerprint density at radius 2 is 1.76 bits per heavy atom. The zero-order valence-electron chi connectivity index (χ0n) is 10.1. The third kappa shape index (κ3) is 3.25. The van der Waals surface area contributed by atoms with Crippen LogP contribution < -0.4 is 5.32 Å². The lowest BCUT2D eigenvalue weighted by atomic mass is 10.3. The minimum absolute atomic E-state index is 0.00370. The number of rotatable bonds is 2. The molecule has 6 nitrogen and oxygen atoms in total. The molecule has 1 aliphatic carbocycles. The Bertz CT molecular complexity index is 296. The van der Waals surface area contributed by atoms with Gasteiger partial charge >= 0.3 is 12.1 Å². The zero-order valence-corrected chi connectivity index (χ0v) is 10.1. The van der Waals surface area contributed by atoms with Gasteiger partial charge in [-0.05, 0) is 19.8 Å². The van der Waals surface area contributed by atoms with Crippen LogP contribution in [-0.4, -0.2) is 60.8 Å². The van der Waals surface area contributed by atoms with Crippen LogP contribution in [0.3, 0.4) is 0 Å². The van der Waals surface area contributed by atoms with Gasteiger partial charge in [0.05, 0.1) is 6.61 Å². The van der Waals surface area contributed by atoms with E-state index >= 15 is 0 Å². The molecule has 0 atom stereocenters. The average Bonchev–Trinajstić information content (AvgIpc) is 3.13. The molecule has 1 saturated heterocycles. The minimum Gasteiger partial charge on any atom is -0.450 e. The van der Waals surface area contributed by atoms with Crippen molar-refractivity contribution in [2.75, 3.05) is 32.8 Å². The summed E-state index contributed by atoms with van der Waals surface area (Å²) in [6, 6.07) is 0.376. The molecule has 96 valence electrons. The van der Waals surface area contributed by atoms with Crippen LogP contribution in [0.25, 0.3) is 0 Å². The van der Waals surface area contributed by atoms with E-state index in [1.807, 2.05) is 0 Å². The summed E-state index contributed by atoms with van der Waals surface area (Å²) in [4.78, 5) is 26.6. The van der Waals surface area contributed by atoms with E-state index in [4.69, 9.17) is 4.74 Å². The number of nitrogens with one attached hydrogen (secondary N) is 1. The second-order valence-corrected chi connectivity index (χ2v) is 4.40. The smallest absolute Gasteiger partial charge is 0.409 e. The molecule has 0 unspecified atom stereocenters. The highest BCUT2D eigenvalue weighted by molar-refractivity contribution is 5.75. The maximum absolute atomic E-state index is 11.7. The molecule has 1 aliphatic heterocycles. The fourth-order valence-corrected chi connectivity index (χ4v) is 1.80. The van der Waals surface area contributed by atoms with Crippen LogP contribution in [0.4, 0.5) is 9.59 Å². The Morgan fingerprint density at radius 3 is 2.29 bits per heavy atom. The van der Waals surface area contributed by atoms with E-state index in [-0.39, 0.29) is 12.1 Å². The molecule has 1 heterocycles. The summed E-state index contributed by atoms with van der Waals surface area (Å²) in [6.07, 6.45) is 1.90. The van der Waals surface area contributed by atoms with E-state index in [1.54, 1.807) is 16.7 Å². The van der Waals surface area contributed by atoms with Crippen molar-refractivity contribution < 1.29 is 14.3 Å². The van der Waals surface area contributed by atoms with E-state index in [1.165, 1.54) is 0 Å². The quantitative estimate of drug-likeness (QED) is 0.771. The van der Waals surface area contributed by atoms with Crippen LogP contribution in [0, 0.1) is 0 Å². The number of nitrogens with zero attached hydrogens (tertiary/aromatic N) is 2. The molecule has 0 radical (unpaired) electrons. The number of urea groups is 1. The van der Waals surface area contributed by atoms with Gasteiger partial charge in [0.15, 0.2) is 0 Å². The number of ether oxygens (including phenoxy) is 1. The number of carbonyl (C=O) groups is 2. The predicted molar refractivity (Wildman–Crippen MR) is 61.7 cm³/mol. The summed E-state index contributed by atoms with van der Waals surface area (Å²) >= 11 is 0. The maximum atomic E-state index is 11.7. The number of carbonyl (C=O) groups excluding carboxylic acids is 2. The fourth-order valence-electron chi connectivity index (χ4n) is 1.80. The molecule has 0 aromatic carbocycles. The second-order valence-electron chi connectivity index (χ2n) is 4.40. The topological polar surface area (TPSA) is 61.9 Å². The van der Waals surface area contributed by atoms with Gasteiger partial charge in [0.2, 0.25) is 0 Å². The third-order valence-corrected chi connectivity index (χ3v) is 3.00. The Balaban J connectivity index is 1.73. The fraction of sp³-hybridized carbons (Fsp3) is 0.818. The van der Waals surface area contributed by atoms with Crippen LogP contribution in [0.5, 0.6) is 0 Å². The molecule has 0 aromatic rings. The van der Waals surface area contributed by atoms with Gasteiger partial charge in [-0.25, -0.2) is 9.59 Å². The van der Waals surface area contributed by atoms with Gasteiger partial charge in [-0.2, -0.15) is 0 Å². The highest BCUT2D eigenvalue weighted by Crippen LogP contribution is 2.19. The molecule has 17 heavy (non-hydrogen) atoms. The summed E-state index contributed by atoms with van der Waals surface area (Å²) in [5, 5.41) is 2.95. The number of piperazine rings is 1. The van der Waals surface area contributed by atoms with Crippen molar-refractivity contribution in [1.29, 1.82) is 0 Å². The van der Waals surface area contributed by atoms with Gasteiger partial charge in [-0.15, -0.1) is 0 Å². The molecule has 1 N–H and O–H groups in total. The van der Waals surface area contributed by atoms with Crippen molar-refractivity contribution >= 4 is 12.1 Å². The van der Waals surface area contributed by atoms with Gasteiger partial charge < -0.3 is 19.9 Å². The molecular formula is C11H19N3O3. The van der Waals surface area contributed by atoms with Gasteiger partial charge in [0.1, 0.15) is 0 Å². The van der Waals surface area contributed by atoms with Crippen molar-refractivity contribution in [3.8, 4) is 0 Å². The number of amides is 3. The van der Waals surface area contributed by atoms with Crippen molar-refractivity contribution in [2.45, 2.75) is 25.8 Å². The first-order valence-corrected chi connectivity index (χ1v) is 6.18. The molecule has 6 heteroatoms. The van der Waals surface area contributed by atoms with Crippen LogP contribution in [0.2, 0.25) is 0 Å². The molecule has 2 rings (SSSR count). The average molecular weight is 241 g/mol. The van der Waals surface area contributed by atoms with Crippen LogP contribution in [0.15, 0.2) is 0 Å². The highest BCUT2D eigenvalue weighted by atomic mass is 16.6. The Kier molecular flexibility index (Phi) is 3.71. The number of hydrogen-bond acceptors (Lipinski definition) is 3. The van der Waals surface area contributed by atoms with E-state index in [2.05, 4.69) is 5.32 Å². The van der Waals surface area contributed by atoms with Crippen molar-refractivity contribution in [3.63, 3.8) is 0 Å². The summed E-state index contributed by atoms with van der Waals surface area (Å²) < 4.78 is 4.92. The van der Waals surface area contributed by atoms with Crippen LogP contribution >= 0.6 is 0 Å². The summed E-state index contributed by atoms with van der Waals surface area (Å²) in [7, 11) is 0. The van der Waals surface area contributed by atoms with E-state index in [0.717, 1.165) is 12.8 Å². The summed E-state index contributed by atoms with van der Waals surface area (Å²) in [5.74, 6) is 0. The number of hydrogen-bond donors (Lipinski definition) is 1. The van der Waals surface area contributed by atoms with Crippen molar-refractivity contribution in [3.05, 3.63) is 0 Å². The molecular weight excluding hydrogens is 222 g/mol. The molecule has 0 spiro atoms. The van der Waals surface area contributed by atoms with Gasteiger partial charge in [0, 0.05) is 32.2 Å². The van der Waals surface area contributed by atoms with Crippen molar-refractivity contribution in [1.82, 2.24) is 15.1 Å². The molecule has 0 aromatic heterocycles. The molecule has 2 fully saturated rings. The SMILES string of the molecule is CCOC(=O)N1CCN(C(=O)NC2CC2)CC1. The standard InChI is InChI=1S/C11H19N3O3/c1-2-17-11(16)14-7-5-13(6-8-14)10(15)12-9-3-4-9/h9H,2-8H2,1H3,(H,12,15). The lowest BCUT2D eigenvalue weighted by Gasteiger charge is -2.34. The van der Waals surface area contributed by atoms with Crippen LogP contribution in [0.1, 0.15) is 19.8 Å². The Labute approximate surface area is 101 Å². The predicted octanol–water partition coefficient (Wildman–Crippen LogP) is 0.632. The molecule has 1 saturated carbocycles. The first-order chi connectivity index (χ1) is 8.20. The van der Waals surface area contributed by atoms with E-state index < -0.39 is 0 Å². The molecule has 0 bridgehead atoms. The Morgan fingerprint density at radius 1 is 1.18 bits per heavy atom. The maximum Gasteiger partial charge on any atom is 0.409 e. The molecule has 2 aliphatic rings. The lowest BCUT2D eigenvalue weighted by Crippen LogP contribution is -2.53. The first-order valence-electron chi connectivity index (χ1n) is 6.18. The van der Waals surface area contributed by atoms with Gasteiger partial charge in [0.25, 0.3) is 0 Å². The highest BCUT2D eigenvalue weighted by Gasteiger charge is 2.29. The van der Waals surface area contributed by atoms with E-state index in [9.17, 15) is 9.59 Å². The van der Waals surface area contributed by atoms with Crippen molar-refractivity contribution in [2.24, 2.45) is 0 Å². The summed E-state index contributed by atoms with van der Waals surface area (Å²) in [6.45, 7) is 4.45. The monoisotopic (exact) mass is 241 g/mol. The normalized spacial score (nSPS) is 20.1. The zero-order chi connectivity index (χ0) is 12.3. The second kappa shape index (κ2) is 5.25.